The molecule has 2 aliphatic carbocycles. The van der Waals surface area contributed by atoms with Crippen molar-refractivity contribution in [3.05, 3.63) is 77.4 Å². The number of ketones is 1. The fourth-order valence-corrected chi connectivity index (χ4v) is 4.67. The minimum Gasteiger partial charge on any atom is -0.289 e. The molecule has 0 bridgehead atoms. The minimum absolute atomic E-state index is 0.0424. The molecule has 150 valence electrons. The van der Waals surface area contributed by atoms with Crippen LogP contribution in [-0.4, -0.2) is 5.78 Å². The van der Waals surface area contributed by atoms with E-state index in [2.05, 4.69) is 41.4 Å². The van der Waals surface area contributed by atoms with Crippen molar-refractivity contribution in [2.75, 3.05) is 0 Å². The van der Waals surface area contributed by atoms with Crippen molar-refractivity contribution < 1.29 is 4.79 Å². The maximum absolute atomic E-state index is 12.0. The van der Waals surface area contributed by atoms with Gasteiger partial charge in [0.15, 0.2) is 5.78 Å². The van der Waals surface area contributed by atoms with Gasteiger partial charge in [-0.1, -0.05) is 62.6 Å². The molecule has 3 nitrogen and oxygen atoms in total. The zero-order chi connectivity index (χ0) is 20.1. The molecule has 2 aromatic carbocycles. The summed E-state index contributed by atoms with van der Waals surface area (Å²) in [5.74, 6) is 1.68. The van der Waals surface area contributed by atoms with Crippen LogP contribution in [-0.2, 0) is 0 Å². The van der Waals surface area contributed by atoms with E-state index in [0.717, 1.165) is 22.7 Å². The Morgan fingerprint density at radius 1 is 0.966 bits per heavy atom. The first-order valence-electron chi connectivity index (χ1n) is 11.1. The number of azo groups is 1. The summed E-state index contributed by atoms with van der Waals surface area (Å²) in [6, 6.07) is 16.0. The third kappa shape index (κ3) is 4.72. The van der Waals surface area contributed by atoms with Crippen LogP contribution in [0.15, 0.2) is 70.9 Å². The lowest BCUT2D eigenvalue weighted by Gasteiger charge is -2.28. The molecule has 3 heteroatoms. The molecule has 0 saturated heterocycles. The zero-order valence-corrected chi connectivity index (χ0v) is 17.3. The second kappa shape index (κ2) is 9.30. The third-order valence-electron chi connectivity index (χ3n) is 6.45. The van der Waals surface area contributed by atoms with Crippen LogP contribution in [0.25, 0.3) is 0 Å². The highest BCUT2D eigenvalue weighted by Gasteiger charge is 2.22. The van der Waals surface area contributed by atoms with E-state index in [1.165, 1.54) is 50.5 Å². The summed E-state index contributed by atoms with van der Waals surface area (Å²) in [5.41, 5.74) is 3.96. The lowest BCUT2D eigenvalue weighted by Crippen LogP contribution is -2.13. The van der Waals surface area contributed by atoms with Gasteiger partial charge in [0.25, 0.3) is 0 Å². The van der Waals surface area contributed by atoms with Crippen molar-refractivity contribution in [3.8, 4) is 0 Å². The predicted molar refractivity (Wildman–Crippen MR) is 118 cm³/mol. The Balaban J connectivity index is 1.38. The molecule has 2 aromatic rings. The first-order valence-corrected chi connectivity index (χ1v) is 11.1. The van der Waals surface area contributed by atoms with Gasteiger partial charge in [0.2, 0.25) is 0 Å². The molecule has 0 aliphatic heterocycles. The van der Waals surface area contributed by atoms with Crippen LogP contribution in [0.5, 0.6) is 0 Å². The summed E-state index contributed by atoms with van der Waals surface area (Å²) in [7, 11) is 0. The Hall–Kier alpha value is -2.55. The Morgan fingerprint density at radius 2 is 1.72 bits per heavy atom. The molecular weight excluding hydrogens is 356 g/mol. The van der Waals surface area contributed by atoms with Crippen LogP contribution in [0.4, 0.5) is 5.69 Å². The van der Waals surface area contributed by atoms with Crippen molar-refractivity contribution in [2.24, 2.45) is 16.1 Å². The first-order chi connectivity index (χ1) is 14.2. The number of rotatable bonds is 6. The van der Waals surface area contributed by atoms with Gasteiger partial charge in [0.1, 0.15) is 6.04 Å². The van der Waals surface area contributed by atoms with Gasteiger partial charge >= 0.3 is 0 Å². The number of unbranched alkanes of at least 4 members (excludes halogenated alkanes) is 1. The average molecular weight is 387 g/mol. The number of carbonyl (C=O) groups is 1. The van der Waals surface area contributed by atoms with Crippen LogP contribution >= 0.6 is 0 Å². The normalized spacial score (nSPS) is 24.0. The summed E-state index contributed by atoms with van der Waals surface area (Å²) < 4.78 is 0. The maximum atomic E-state index is 12.0. The van der Waals surface area contributed by atoms with Crippen molar-refractivity contribution in [1.82, 2.24) is 0 Å². The van der Waals surface area contributed by atoms with Crippen LogP contribution in [0.2, 0.25) is 0 Å². The lowest BCUT2D eigenvalue weighted by molar-refractivity contribution is 0.104. The largest absolute Gasteiger partial charge is 0.289 e. The summed E-state index contributed by atoms with van der Waals surface area (Å²) in [6.07, 6.45) is 12.9. The van der Waals surface area contributed by atoms with Gasteiger partial charge in [-0.05, 0) is 72.9 Å². The van der Waals surface area contributed by atoms with E-state index < -0.39 is 0 Å². The van der Waals surface area contributed by atoms with Crippen LogP contribution in [0, 0.1) is 5.92 Å². The van der Waals surface area contributed by atoms with Gasteiger partial charge in [0.05, 0.1) is 5.69 Å². The molecule has 4 rings (SSSR count). The fraction of sp³-hybridized carbons (Fsp3) is 0.423. The second-order valence-electron chi connectivity index (χ2n) is 8.42. The zero-order valence-electron chi connectivity index (χ0n) is 17.3. The van der Waals surface area contributed by atoms with Gasteiger partial charge in [-0.15, -0.1) is 0 Å². The summed E-state index contributed by atoms with van der Waals surface area (Å²) in [6.45, 7) is 2.29. The summed E-state index contributed by atoms with van der Waals surface area (Å²) in [5, 5.41) is 8.94. The molecule has 0 amide bonds. The number of hydrogen-bond donors (Lipinski definition) is 0. The van der Waals surface area contributed by atoms with Crippen molar-refractivity contribution in [2.45, 2.75) is 63.8 Å². The van der Waals surface area contributed by atoms with Gasteiger partial charge in [0, 0.05) is 5.56 Å². The summed E-state index contributed by atoms with van der Waals surface area (Å²) >= 11 is 0. The van der Waals surface area contributed by atoms with Crippen LogP contribution < -0.4 is 0 Å². The second-order valence-corrected chi connectivity index (χ2v) is 8.42. The van der Waals surface area contributed by atoms with E-state index in [4.69, 9.17) is 0 Å². The average Bonchev–Trinajstić information content (AvgIpc) is 2.78. The van der Waals surface area contributed by atoms with E-state index >= 15 is 0 Å². The number of benzene rings is 2. The van der Waals surface area contributed by atoms with E-state index in [9.17, 15) is 4.79 Å². The first kappa shape index (κ1) is 19.8. The Morgan fingerprint density at radius 3 is 2.48 bits per heavy atom. The predicted octanol–water partition coefficient (Wildman–Crippen LogP) is 7.73. The lowest BCUT2D eigenvalue weighted by atomic mass is 9.77. The van der Waals surface area contributed by atoms with E-state index in [0.29, 0.717) is 5.92 Å². The van der Waals surface area contributed by atoms with Crippen molar-refractivity contribution in [1.29, 1.82) is 0 Å². The molecule has 0 radical (unpaired) electrons. The summed E-state index contributed by atoms with van der Waals surface area (Å²) in [4.78, 5) is 12.0. The Kier molecular flexibility index (Phi) is 6.33. The molecule has 0 N–H and O–H groups in total. The van der Waals surface area contributed by atoms with Gasteiger partial charge in [-0.3, -0.25) is 4.79 Å². The number of fused-ring (bicyclic) bond motifs is 1. The molecule has 2 aliphatic rings. The highest BCUT2D eigenvalue weighted by molar-refractivity contribution is 6.07. The molecule has 0 spiro atoms. The smallest absolute Gasteiger partial charge is 0.185 e. The molecule has 1 fully saturated rings. The number of carbonyl (C=O) groups excluding carboxylic acids is 1. The molecule has 1 saturated carbocycles. The van der Waals surface area contributed by atoms with E-state index in [1.807, 2.05) is 30.3 Å². The number of allylic oxidation sites excluding steroid dienone is 1. The van der Waals surface area contributed by atoms with Crippen molar-refractivity contribution >= 4 is 11.5 Å². The number of hydrogen-bond acceptors (Lipinski definition) is 3. The molecule has 1 atom stereocenters. The number of nitrogens with zero attached hydrogens (tertiary/aromatic N) is 2. The SMILES string of the molecule is CCCCC1CCC(c2ccc(N=NC3C=CC(=O)c4ccccc43)cc2)CC1. The highest BCUT2D eigenvalue weighted by atomic mass is 16.1. The minimum atomic E-state index is -0.193. The molecule has 0 aromatic heterocycles. The quantitative estimate of drug-likeness (QED) is 0.468. The molecule has 1 unspecified atom stereocenters. The molecule has 29 heavy (non-hydrogen) atoms. The molecule has 0 heterocycles. The van der Waals surface area contributed by atoms with Crippen molar-refractivity contribution in [3.63, 3.8) is 0 Å². The standard InChI is InChI=1S/C26H30N2O/c1-2-3-6-19-9-11-20(12-10-19)21-13-15-22(16-14-21)27-28-25-17-18-26(29)24-8-5-4-7-23(24)25/h4-5,7-8,13-20,25H,2-3,6,9-12H2,1H3. The fourth-order valence-electron chi connectivity index (χ4n) is 4.67. The van der Waals surface area contributed by atoms with Gasteiger partial charge < -0.3 is 0 Å². The Labute approximate surface area is 174 Å². The maximum Gasteiger partial charge on any atom is 0.185 e. The molecular formula is C26H30N2O. The topological polar surface area (TPSA) is 41.8 Å². The van der Waals surface area contributed by atoms with E-state index in [1.54, 1.807) is 6.08 Å². The third-order valence-corrected chi connectivity index (χ3v) is 6.45. The van der Waals surface area contributed by atoms with Crippen LogP contribution in [0.3, 0.4) is 0 Å². The van der Waals surface area contributed by atoms with Crippen LogP contribution in [0.1, 0.15) is 85.3 Å². The van der Waals surface area contributed by atoms with Gasteiger partial charge in [-0.25, -0.2) is 0 Å². The monoisotopic (exact) mass is 386 g/mol. The van der Waals surface area contributed by atoms with E-state index in [-0.39, 0.29) is 11.8 Å². The highest BCUT2D eigenvalue weighted by Crippen LogP contribution is 2.38. The Bertz CT molecular complexity index is 889. The van der Waals surface area contributed by atoms with Gasteiger partial charge in [-0.2, -0.15) is 10.2 Å².